The minimum Gasteiger partial charge on any atom is -0.342 e. The van der Waals surface area contributed by atoms with Crippen molar-refractivity contribution < 1.29 is 4.79 Å². The largest absolute Gasteiger partial charge is 0.342 e. The second kappa shape index (κ2) is 6.51. The molecule has 1 spiro atoms. The van der Waals surface area contributed by atoms with Crippen molar-refractivity contribution in [2.75, 3.05) is 26.2 Å². The number of aromatic amines is 1. The molecule has 5 heteroatoms. The zero-order chi connectivity index (χ0) is 17.4. The molecular formula is C19H32N4O. The summed E-state index contributed by atoms with van der Waals surface area (Å²) < 4.78 is 0. The number of amides is 1. The summed E-state index contributed by atoms with van der Waals surface area (Å²) >= 11 is 0. The van der Waals surface area contributed by atoms with Gasteiger partial charge in [-0.05, 0) is 31.9 Å². The summed E-state index contributed by atoms with van der Waals surface area (Å²) in [5.41, 5.74) is 2.74. The molecule has 0 saturated carbocycles. The standard InChI is InChI=1S/C19H32N4O/c1-5-17(24)23-10-8-19(14-23)7-6-9-22(13-19)12-15-11-16(21-20-15)18(2,3)4/h11H,5-10,12-14H2,1-4H3,(H,20,21). The Morgan fingerprint density at radius 2 is 2.08 bits per heavy atom. The number of hydrogen-bond acceptors (Lipinski definition) is 3. The van der Waals surface area contributed by atoms with E-state index in [1.54, 1.807) is 0 Å². The van der Waals surface area contributed by atoms with Crippen molar-refractivity contribution in [3.8, 4) is 0 Å². The first-order chi connectivity index (χ1) is 11.3. The third-order valence-corrected chi connectivity index (χ3v) is 5.63. The lowest BCUT2D eigenvalue weighted by Crippen LogP contribution is -2.45. The molecule has 1 aromatic rings. The number of hydrogen-bond donors (Lipinski definition) is 1. The zero-order valence-corrected chi connectivity index (χ0v) is 15.7. The molecule has 134 valence electrons. The summed E-state index contributed by atoms with van der Waals surface area (Å²) in [5, 5.41) is 7.70. The van der Waals surface area contributed by atoms with Crippen LogP contribution >= 0.6 is 0 Å². The summed E-state index contributed by atoms with van der Waals surface area (Å²) in [7, 11) is 0. The van der Waals surface area contributed by atoms with Crippen LogP contribution in [0.3, 0.4) is 0 Å². The number of carbonyl (C=O) groups is 1. The van der Waals surface area contributed by atoms with Crippen LogP contribution in [0, 0.1) is 5.41 Å². The Morgan fingerprint density at radius 3 is 2.75 bits per heavy atom. The highest BCUT2D eigenvalue weighted by Crippen LogP contribution is 2.39. The van der Waals surface area contributed by atoms with Crippen LogP contribution in [0.2, 0.25) is 0 Å². The zero-order valence-electron chi connectivity index (χ0n) is 15.7. The van der Waals surface area contributed by atoms with Gasteiger partial charge in [-0.25, -0.2) is 0 Å². The molecule has 2 aliphatic heterocycles. The monoisotopic (exact) mass is 332 g/mol. The SMILES string of the molecule is CCC(=O)N1CCC2(CCCN(Cc3cc(C(C)(C)C)n[nH]3)C2)C1. The highest BCUT2D eigenvalue weighted by atomic mass is 16.2. The third kappa shape index (κ3) is 3.66. The Balaban J connectivity index is 1.62. The number of rotatable bonds is 3. The lowest BCUT2D eigenvalue weighted by Gasteiger charge is -2.40. The number of nitrogens with one attached hydrogen (secondary N) is 1. The molecule has 0 radical (unpaired) electrons. The van der Waals surface area contributed by atoms with Gasteiger partial charge in [0.2, 0.25) is 5.91 Å². The molecule has 1 aromatic heterocycles. The molecule has 0 bridgehead atoms. The molecule has 3 rings (SSSR count). The molecule has 1 atom stereocenters. The molecule has 0 aliphatic carbocycles. The maximum absolute atomic E-state index is 12.0. The fourth-order valence-electron chi connectivity index (χ4n) is 4.22. The van der Waals surface area contributed by atoms with Crippen molar-refractivity contribution in [1.82, 2.24) is 20.0 Å². The number of piperidine rings is 1. The molecule has 1 N–H and O–H groups in total. The van der Waals surface area contributed by atoms with Gasteiger partial charge in [-0.3, -0.25) is 14.8 Å². The van der Waals surface area contributed by atoms with E-state index in [1.165, 1.54) is 18.5 Å². The van der Waals surface area contributed by atoms with Crippen LogP contribution in [-0.4, -0.2) is 52.1 Å². The predicted molar refractivity (Wildman–Crippen MR) is 95.7 cm³/mol. The summed E-state index contributed by atoms with van der Waals surface area (Å²) in [4.78, 5) is 16.6. The van der Waals surface area contributed by atoms with E-state index in [4.69, 9.17) is 0 Å². The lowest BCUT2D eigenvalue weighted by molar-refractivity contribution is -0.130. The number of likely N-dealkylation sites (tertiary alicyclic amines) is 2. The Bertz CT molecular complexity index is 588. The van der Waals surface area contributed by atoms with E-state index in [9.17, 15) is 4.79 Å². The molecule has 1 unspecified atom stereocenters. The van der Waals surface area contributed by atoms with Crippen LogP contribution in [-0.2, 0) is 16.8 Å². The fraction of sp³-hybridized carbons (Fsp3) is 0.789. The molecule has 2 saturated heterocycles. The van der Waals surface area contributed by atoms with Gasteiger partial charge in [0.15, 0.2) is 0 Å². The maximum atomic E-state index is 12.0. The summed E-state index contributed by atoms with van der Waals surface area (Å²) in [6.45, 7) is 13.6. The molecule has 24 heavy (non-hydrogen) atoms. The second-order valence-corrected chi connectivity index (χ2v) is 8.76. The molecule has 1 amide bonds. The average molecular weight is 332 g/mol. The van der Waals surface area contributed by atoms with Gasteiger partial charge in [-0.2, -0.15) is 5.10 Å². The smallest absolute Gasteiger partial charge is 0.222 e. The Hall–Kier alpha value is -1.36. The van der Waals surface area contributed by atoms with Crippen LogP contribution in [0.5, 0.6) is 0 Å². The second-order valence-electron chi connectivity index (χ2n) is 8.76. The quantitative estimate of drug-likeness (QED) is 0.926. The average Bonchev–Trinajstić information content (AvgIpc) is 3.14. The number of carbonyl (C=O) groups excluding carboxylic acids is 1. The lowest BCUT2D eigenvalue weighted by atomic mass is 9.79. The Labute approximate surface area is 145 Å². The van der Waals surface area contributed by atoms with Crippen LogP contribution in [0.25, 0.3) is 0 Å². The van der Waals surface area contributed by atoms with Crippen LogP contribution in [0.15, 0.2) is 6.07 Å². The van der Waals surface area contributed by atoms with Crippen molar-refractivity contribution >= 4 is 5.91 Å². The van der Waals surface area contributed by atoms with Gasteiger partial charge in [-0.1, -0.05) is 27.7 Å². The Kier molecular flexibility index (Phi) is 4.73. The minimum absolute atomic E-state index is 0.0876. The van der Waals surface area contributed by atoms with Gasteiger partial charge in [0.05, 0.1) is 5.69 Å². The van der Waals surface area contributed by atoms with Crippen molar-refractivity contribution in [3.05, 3.63) is 17.5 Å². The van der Waals surface area contributed by atoms with Crippen molar-refractivity contribution in [2.45, 2.75) is 65.3 Å². The topological polar surface area (TPSA) is 52.2 Å². The normalized spacial score (nSPS) is 25.6. The number of H-pyrrole nitrogens is 1. The van der Waals surface area contributed by atoms with Crippen molar-refractivity contribution in [2.24, 2.45) is 5.41 Å². The van der Waals surface area contributed by atoms with E-state index in [0.29, 0.717) is 17.7 Å². The summed E-state index contributed by atoms with van der Waals surface area (Å²) in [5.74, 6) is 0.312. The van der Waals surface area contributed by atoms with Gasteiger partial charge in [0.25, 0.3) is 0 Å². The Morgan fingerprint density at radius 1 is 1.29 bits per heavy atom. The van der Waals surface area contributed by atoms with Crippen LogP contribution in [0.1, 0.15) is 64.8 Å². The number of nitrogens with zero attached hydrogens (tertiary/aromatic N) is 3. The van der Waals surface area contributed by atoms with E-state index < -0.39 is 0 Å². The molecule has 2 fully saturated rings. The first-order valence-electron chi connectivity index (χ1n) is 9.36. The first kappa shape index (κ1) is 17.5. The highest BCUT2D eigenvalue weighted by Gasteiger charge is 2.42. The fourth-order valence-corrected chi connectivity index (χ4v) is 4.22. The van der Waals surface area contributed by atoms with E-state index in [0.717, 1.165) is 44.8 Å². The summed E-state index contributed by atoms with van der Waals surface area (Å²) in [6.07, 6.45) is 4.27. The molecule has 2 aliphatic rings. The molecule has 5 nitrogen and oxygen atoms in total. The van der Waals surface area contributed by atoms with Gasteiger partial charge in [0, 0.05) is 49.1 Å². The molecule has 3 heterocycles. The van der Waals surface area contributed by atoms with Crippen LogP contribution in [0.4, 0.5) is 0 Å². The van der Waals surface area contributed by atoms with Crippen molar-refractivity contribution in [1.29, 1.82) is 0 Å². The molecule has 0 aromatic carbocycles. The van der Waals surface area contributed by atoms with E-state index in [2.05, 4.69) is 46.8 Å². The first-order valence-corrected chi connectivity index (χ1v) is 9.36. The van der Waals surface area contributed by atoms with Gasteiger partial charge >= 0.3 is 0 Å². The molecular weight excluding hydrogens is 300 g/mol. The third-order valence-electron chi connectivity index (χ3n) is 5.63. The summed E-state index contributed by atoms with van der Waals surface area (Å²) in [6, 6.07) is 2.21. The predicted octanol–water partition coefficient (Wildman–Crippen LogP) is 2.93. The van der Waals surface area contributed by atoms with Gasteiger partial charge < -0.3 is 4.90 Å². The van der Waals surface area contributed by atoms with Gasteiger partial charge in [0.1, 0.15) is 0 Å². The van der Waals surface area contributed by atoms with E-state index in [-0.39, 0.29) is 5.41 Å². The minimum atomic E-state index is 0.0876. The van der Waals surface area contributed by atoms with E-state index in [1.807, 2.05) is 6.92 Å². The maximum Gasteiger partial charge on any atom is 0.222 e. The van der Waals surface area contributed by atoms with Gasteiger partial charge in [-0.15, -0.1) is 0 Å². The highest BCUT2D eigenvalue weighted by molar-refractivity contribution is 5.76. The van der Waals surface area contributed by atoms with E-state index >= 15 is 0 Å². The van der Waals surface area contributed by atoms with Crippen molar-refractivity contribution in [3.63, 3.8) is 0 Å². The van der Waals surface area contributed by atoms with Crippen LogP contribution < -0.4 is 0 Å². The number of aromatic nitrogens is 2.